The van der Waals surface area contributed by atoms with Crippen LogP contribution >= 0.6 is 0 Å². The molecule has 1 amide bonds. The maximum atomic E-state index is 11.7. The number of amides is 1. The van der Waals surface area contributed by atoms with Gasteiger partial charge in [0.2, 0.25) is 5.91 Å². The van der Waals surface area contributed by atoms with Crippen molar-refractivity contribution in [3.05, 3.63) is 24.3 Å². The summed E-state index contributed by atoms with van der Waals surface area (Å²) in [6.07, 6.45) is -4.58. The number of carbonyl (C=O) groups excluding carboxylic acids is 1. The van der Waals surface area contributed by atoms with Crippen molar-refractivity contribution in [2.45, 2.75) is 12.6 Å². The largest absolute Gasteiger partial charge is 0.508 e. The molecule has 0 fully saturated rings. The minimum absolute atomic E-state index is 0.0129. The summed E-state index contributed by atoms with van der Waals surface area (Å²) in [4.78, 5) is 11.3. The van der Waals surface area contributed by atoms with Gasteiger partial charge in [0.25, 0.3) is 0 Å². The fourth-order valence-corrected chi connectivity index (χ4v) is 1.16. The predicted molar refractivity (Wildman–Crippen MR) is 58.2 cm³/mol. The molecule has 0 bridgehead atoms. The molecule has 1 aromatic rings. The van der Waals surface area contributed by atoms with Gasteiger partial charge in [-0.25, -0.2) is 0 Å². The number of rotatable bonds is 5. The third-order valence-electron chi connectivity index (χ3n) is 1.87. The van der Waals surface area contributed by atoms with Gasteiger partial charge in [0.05, 0.1) is 13.0 Å². The third-order valence-corrected chi connectivity index (χ3v) is 1.87. The number of benzene rings is 1. The summed E-state index contributed by atoms with van der Waals surface area (Å²) in [5.74, 6) is -0.496. The molecule has 0 saturated heterocycles. The Morgan fingerprint density at radius 2 is 2.11 bits per heavy atom. The van der Waals surface area contributed by atoms with E-state index in [0.29, 0.717) is 5.69 Å². The van der Waals surface area contributed by atoms with Gasteiger partial charge in [0.15, 0.2) is 0 Å². The first-order chi connectivity index (χ1) is 8.37. The van der Waals surface area contributed by atoms with Gasteiger partial charge in [0, 0.05) is 11.8 Å². The second kappa shape index (κ2) is 6.25. The zero-order valence-electron chi connectivity index (χ0n) is 9.33. The second-order valence-electron chi connectivity index (χ2n) is 3.52. The van der Waals surface area contributed by atoms with E-state index in [-0.39, 0.29) is 18.8 Å². The lowest BCUT2D eigenvalue weighted by molar-refractivity contribution is -0.174. The van der Waals surface area contributed by atoms with Crippen LogP contribution in [-0.4, -0.2) is 30.4 Å². The van der Waals surface area contributed by atoms with Gasteiger partial charge in [-0.15, -0.1) is 0 Å². The van der Waals surface area contributed by atoms with Gasteiger partial charge in [-0.3, -0.25) is 4.79 Å². The Hall–Kier alpha value is -1.76. The van der Waals surface area contributed by atoms with E-state index in [4.69, 9.17) is 5.11 Å². The van der Waals surface area contributed by atoms with Crippen molar-refractivity contribution >= 4 is 11.6 Å². The Balaban J connectivity index is 2.26. The topological polar surface area (TPSA) is 58.6 Å². The molecule has 0 aromatic heterocycles. The standard InChI is InChI=1S/C11H12F3NO3/c12-11(13,14)7-18-5-4-10(17)15-8-2-1-3-9(16)6-8/h1-3,6,16H,4-5,7H2,(H,15,17). The maximum Gasteiger partial charge on any atom is 0.411 e. The summed E-state index contributed by atoms with van der Waals surface area (Å²) in [7, 11) is 0. The van der Waals surface area contributed by atoms with Gasteiger partial charge >= 0.3 is 6.18 Å². The number of phenolic OH excluding ortho intramolecular Hbond substituents is 1. The molecule has 2 N–H and O–H groups in total. The molecule has 0 heterocycles. The summed E-state index contributed by atoms with van der Waals surface area (Å²) < 4.78 is 39.4. The first-order valence-corrected chi connectivity index (χ1v) is 5.10. The van der Waals surface area contributed by atoms with E-state index in [0.717, 1.165) is 0 Å². The number of carbonyl (C=O) groups is 1. The second-order valence-corrected chi connectivity index (χ2v) is 3.52. The Bertz CT molecular complexity index is 407. The molecule has 0 aliphatic heterocycles. The van der Waals surface area contributed by atoms with E-state index in [1.807, 2.05) is 0 Å². The normalized spacial score (nSPS) is 11.3. The SMILES string of the molecule is O=C(CCOCC(F)(F)F)Nc1cccc(O)c1. The molecular weight excluding hydrogens is 251 g/mol. The monoisotopic (exact) mass is 263 g/mol. The molecule has 0 saturated carbocycles. The molecule has 1 rings (SSSR count). The number of ether oxygens (including phenoxy) is 1. The van der Waals surface area contributed by atoms with E-state index in [2.05, 4.69) is 10.1 Å². The highest BCUT2D eigenvalue weighted by Crippen LogP contribution is 2.16. The predicted octanol–water partition coefficient (Wildman–Crippen LogP) is 2.30. The Kier molecular flexibility index (Phi) is 4.96. The van der Waals surface area contributed by atoms with Crippen molar-refractivity contribution in [2.75, 3.05) is 18.5 Å². The summed E-state index contributed by atoms with van der Waals surface area (Å²) in [5.41, 5.74) is 0.371. The first kappa shape index (κ1) is 14.3. The van der Waals surface area contributed by atoms with Gasteiger partial charge in [-0.2, -0.15) is 13.2 Å². The Morgan fingerprint density at radius 1 is 1.39 bits per heavy atom. The molecule has 100 valence electrons. The van der Waals surface area contributed by atoms with Crippen LogP contribution < -0.4 is 5.32 Å². The lowest BCUT2D eigenvalue weighted by atomic mass is 10.3. The van der Waals surface area contributed by atoms with E-state index in [1.165, 1.54) is 18.2 Å². The van der Waals surface area contributed by atoms with Gasteiger partial charge in [-0.05, 0) is 12.1 Å². The highest BCUT2D eigenvalue weighted by molar-refractivity contribution is 5.90. The number of phenols is 1. The van der Waals surface area contributed by atoms with Crippen molar-refractivity contribution in [3.8, 4) is 5.75 Å². The first-order valence-electron chi connectivity index (χ1n) is 5.10. The number of anilines is 1. The van der Waals surface area contributed by atoms with Crippen molar-refractivity contribution in [3.63, 3.8) is 0 Å². The quantitative estimate of drug-likeness (QED) is 0.801. The van der Waals surface area contributed by atoms with Crippen LogP contribution in [0.1, 0.15) is 6.42 Å². The van der Waals surface area contributed by atoms with Crippen LogP contribution in [0, 0.1) is 0 Å². The smallest absolute Gasteiger partial charge is 0.411 e. The van der Waals surface area contributed by atoms with Crippen LogP contribution in [0.25, 0.3) is 0 Å². The summed E-state index contributed by atoms with van der Waals surface area (Å²) in [5, 5.41) is 11.5. The molecule has 0 atom stereocenters. The fourth-order valence-electron chi connectivity index (χ4n) is 1.16. The Morgan fingerprint density at radius 3 is 2.72 bits per heavy atom. The van der Waals surface area contributed by atoms with E-state index in [1.54, 1.807) is 6.07 Å². The molecule has 1 aromatic carbocycles. The van der Waals surface area contributed by atoms with Crippen molar-refractivity contribution in [1.29, 1.82) is 0 Å². The number of hydrogen-bond donors (Lipinski definition) is 2. The van der Waals surface area contributed by atoms with Gasteiger partial charge in [0.1, 0.15) is 12.4 Å². The van der Waals surface area contributed by atoms with E-state index < -0.39 is 18.7 Å². The molecule has 0 unspecified atom stereocenters. The minimum atomic E-state index is -4.39. The summed E-state index contributed by atoms with van der Waals surface area (Å²) in [6.45, 7) is -1.68. The molecular formula is C11H12F3NO3. The molecule has 0 aliphatic rings. The lowest BCUT2D eigenvalue weighted by Gasteiger charge is -2.08. The number of alkyl halides is 3. The minimum Gasteiger partial charge on any atom is -0.508 e. The van der Waals surface area contributed by atoms with Crippen LogP contribution in [0.2, 0.25) is 0 Å². The van der Waals surface area contributed by atoms with Crippen molar-refractivity contribution in [1.82, 2.24) is 0 Å². The summed E-state index contributed by atoms with van der Waals surface area (Å²) >= 11 is 0. The number of nitrogens with one attached hydrogen (secondary N) is 1. The van der Waals surface area contributed by atoms with Crippen LogP contribution in [0.15, 0.2) is 24.3 Å². The van der Waals surface area contributed by atoms with Crippen LogP contribution in [0.4, 0.5) is 18.9 Å². The molecule has 0 aliphatic carbocycles. The zero-order valence-corrected chi connectivity index (χ0v) is 9.33. The number of aromatic hydroxyl groups is 1. The van der Waals surface area contributed by atoms with Crippen molar-refractivity contribution in [2.24, 2.45) is 0 Å². The van der Waals surface area contributed by atoms with Gasteiger partial charge < -0.3 is 15.2 Å². The van der Waals surface area contributed by atoms with Crippen LogP contribution in [0.3, 0.4) is 0 Å². The average molecular weight is 263 g/mol. The highest BCUT2D eigenvalue weighted by atomic mass is 19.4. The number of halogens is 3. The third kappa shape index (κ3) is 6.09. The zero-order chi connectivity index (χ0) is 13.6. The highest BCUT2D eigenvalue weighted by Gasteiger charge is 2.27. The molecule has 0 radical (unpaired) electrons. The molecule has 0 spiro atoms. The fraction of sp³-hybridized carbons (Fsp3) is 0.364. The average Bonchev–Trinajstić information content (AvgIpc) is 2.23. The molecule has 4 nitrogen and oxygen atoms in total. The van der Waals surface area contributed by atoms with Crippen LogP contribution in [-0.2, 0) is 9.53 Å². The maximum absolute atomic E-state index is 11.7. The Labute approximate surface area is 101 Å². The lowest BCUT2D eigenvalue weighted by Crippen LogP contribution is -2.20. The van der Waals surface area contributed by atoms with E-state index in [9.17, 15) is 18.0 Å². The molecule has 18 heavy (non-hydrogen) atoms. The summed E-state index contributed by atoms with van der Waals surface area (Å²) in [6, 6.07) is 5.84. The molecule has 7 heteroatoms. The van der Waals surface area contributed by atoms with Gasteiger partial charge in [-0.1, -0.05) is 6.07 Å². The van der Waals surface area contributed by atoms with Crippen LogP contribution in [0.5, 0.6) is 5.75 Å². The van der Waals surface area contributed by atoms with E-state index >= 15 is 0 Å². The number of hydrogen-bond acceptors (Lipinski definition) is 3. The van der Waals surface area contributed by atoms with Crippen molar-refractivity contribution < 1.29 is 27.8 Å².